The number of pyridine rings is 1. The summed E-state index contributed by atoms with van der Waals surface area (Å²) in [6, 6.07) is 12.8. The smallest absolute Gasteiger partial charge is 0.266 e. The van der Waals surface area contributed by atoms with Crippen molar-refractivity contribution in [2.24, 2.45) is 0 Å². The van der Waals surface area contributed by atoms with Crippen LogP contribution < -0.4 is 10.1 Å². The van der Waals surface area contributed by atoms with Crippen molar-refractivity contribution in [1.29, 1.82) is 0 Å². The lowest BCUT2D eigenvalue weighted by Gasteiger charge is -2.14. The summed E-state index contributed by atoms with van der Waals surface area (Å²) in [4.78, 5) is 16.2. The zero-order valence-electron chi connectivity index (χ0n) is 11.3. The number of halogens is 1. The van der Waals surface area contributed by atoms with Gasteiger partial charge in [0.15, 0.2) is 6.10 Å². The van der Waals surface area contributed by atoms with Crippen molar-refractivity contribution >= 4 is 27.7 Å². The molecule has 1 N–H and O–H groups in total. The number of rotatable bonds is 4. The number of benzene rings is 1. The van der Waals surface area contributed by atoms with E-state index in [4.69, 9.17) is 4.74 Å². The van der Waals surface area contributed by atoms with Crippen LogP contribution in [-0.2, 0) is 4.79 Å². The average molecular weight is 335 g/mol. The highest BCUT2D eigenvalue weighted by Gasteiger charge is 2.15. The molecule has 0 radical (unpaired) electrons. The Morgan fingerprint density at radius 2 is 1.95 bits per heavy atom. The van der Waals surface area contributed by atoms with Crippen LogP contribution in [0.15, 0.2) is 46.9 Å². The molecule has 104 valence electrons. The lowest BCUT2D eigenvalue weighted by atomic mass is 10.3. The minimum atomic E-state index is -0.599. The number of hydrogen-bond acceptors (Lipinski definition) is 3. The van der Waals surface area contributed by atoms with Crippen molar-refractivity contribution in [1.82, 2.24) is 4.98 Å². The number of anilines is 1. The third-order valence-electron chi connectivity index (χ3n) is 2.64. The van der Waals surface area contributed by atoms with Crippen LogP contribution in [0.25, 0.3) is 0 Å². The fraction of sp³-hybridized carbons (Fsp3) is 0.200. The highest BCUT2D eigenvalue weighted by atomic mass is 79.9. The van der Waals surface area contributed by atoms with E-state index in [0.29, 0.717) is 11.6 Å². The Hall–Kier alpha value is -1.88. The Bertz CT molecular complexity index is 599. The summed E-state index contributed by atoms with van der Waals surface area (Å²) >= 11 is 3.35. The summed E-state index contributed by atoms with van der Waals surface area (Å²) in [6.45, 7) is 3.57. The van der Waals surface area contributed by atoms with Gasteiger partial charge in [-0.3, -0.25) is 4.79 Å². The monoisotopic (exact) mass is 334 g/mol. The SMILES string of the molecule is Cc1cccc(NC(=O)[C@@H](C)Oc2ccc(Br)cc2)n1. The molecule has 0 aliphatic carbocycles. The molecule has 1 aromatic heterocycles. The van der Waals surface area contributed by atoms with E-state index in [1.807, 2.05) is 31.2 Å². The molecular formula is C15H15BrN2O2. The first kappa shape index (κ1) is 14.5. The molecule has 20 heavy (non-hydrogen) atoms. The fourth-order valence-corrected chi connectivity index (χ4v) is 1.88. The van der Waals surface area contributed by atoms with Crippen molar-refractivity contribution in [2.45, 2.75) is 20.0 Å². The Morgan fingerprint density at radius 3 is 2.60 bits per heavy atom. The number of nitrogens with one attached hydrogen (secondary N) is 1. The van der Waals surface area contributed by atoms with Gasteiger partial charge >= 0.3 is 0 Å². The van der Waals surface area contributed by atoms with Gasteiger partial charge in [0, 0.05) is 10.2 Å². The van der Waals surface area contributed by atoms with Gasteiger partial charge in [0.1, 0.15) is 11.6 Å². The average Bonchev–Trinajstić information content (AvgIpc) is 2.41. The van der Waals surface area contributed by atoms with Crippen LogP contribution in [0.3, 0.4) is 0 Å². The first-order valence-electron chi connectivity index (χ1n) is 6.21. The van der Waals surface area contributed by atoms with Gasteiger partial charge in [-0.05, 0) is 50.2 Å². The molecule has 0 aliphatic rings. The molecular weight excluding hydrogens is 320 g/mol. The van der Waals surface area contributed by atoms with E-state index in [9.17, 15) is 4.79 Å². The number of amides is 1. The van der Waals surface area contributed by atoms with Gasteiger partial charge < -0.3 is 10.1 Å². The molecule has 1 heterocycles. The van der Waals surface area contributed by atoms with Gasteiger partial charge in [-0.15, -0.1) is 0 Å². The summed E-state index contributed by atoms with van der Waals surface area (Å²) in [5, 5.41) is 2.73. The predicted octanol–water partition coefficient (Wildman–Crippen LogP) is 3.56. The van der Waals surface area contributed by atoms with Gasteiger partial charge in [-0.25, -0.2) is 4.98 Å². The zero-order chi connectivity index (χ0) is 14.5. The number of aromatic nitrogens is 1. The van der Waals surface area contributed by atoms with E-state index < -0.39 is 6.10 Å². The van der Waals surface area contributed by atoms with E-state index in [-0.39, 0.29) is 5.91 Å². The third kappa shape index (κ3) is 4.06. The molecule has 1 amide bonds. The topological polar surface area (TPSA) is 51.2 Å². The first-order chi connectivity index (χ1) is 9.54. The second kappa shape index (κ2) is 6.52. The largest absolute Gasteiger partial charge is 0.481 e. The molecule has 1 aromatic carbocycles. The molecule has 0 fully saturated rings. The van der Waals surface area contributed by atoms with Gasteiger partial charge in [0.2, 0.25) is 0 Å². The number of carbonyl (C=O) groups excluding carboxylic acids is 1. The van der Waals surface area contributed by atoms with Crippen LogP contribution in [0.4, 0.5) is 5.82 Å². The lowest BCUT2D eigenvalue weighted by Crippen LogP contribution is -2.30. The summed E-state index contributed by atoms with van der Waals surface area (Å²) in [6.07, 6.45) is -0.599. The van der Waals surface area contributed by atoms with Crippen LogP contribution in [0.1, 0.15) is 12.6 Å². The van der Waals surface area contributed by atoms with Gasteiger partial charge in [-0.1, -0.05) is 22.0 Å². The molecule has 2 rings (SSSR count). The van der Waals surface area contributed by atoms with Crippen molar-refractivity contribution in [3.8, 4) is 5.75 Å². The first-order valence-corrected chi connectivity index (χ1v) is 7.00. The molecule has 0 bridgehead atoms. The van der Waals surface area contributed by atoms with Crippen LogP contribution in [-0.4, -0.2) is 17.0 Å². The van der Waals surface area contributed by atoms with Crippen molar-refractivity contribution in [2.75, 3.05) is 5.32 Å². The summed E-state index contributed by atoms with van der Waals surface area (Å²) in [7, 11) is 0. The number of nitrogens with zero attached hydrogens (tertiary/aromatic N) is 1. The minimum absolute atomic E-state index is 0.231. The van der Waals surface area contributed by atoms with Crippen LogP contribution in [0, 0.1) is 6.92 Å². The zero-order valence-corrected chi connectivity index (χ0v) is 12.8. The molecule has 5 heteroatoms. The Morgan fingerprint density at radius 1 is 1.25 bits per heavy atom. The normalized spacial score (nSPS) is 11.8. The second-order valence-corrected chi connectivity index (χ2v) is 5.28. The Kier molecular flexibility index (Phi) is 4.74. The van der Waals surface area contributed by atoms with Gasteiger partial charge in [0.05, 0.1) is 0 Å². The van der Waals surface area contributed by atoms with Gasteiger partial charge in [-0.2, -0.15) is 0 Å². The number of carbonyl (C=O) groups is 1. The molecule has 0 spiro atoms. The van der Waals surface area contributed by atoms with Crippen LogP contribution in [0.5, 0.6) is 5.75 Å². The van der Waals surface area contributed by atoms with Crippen molar-refractivity contribution in [3.63, 3.8) is 0 Å². The van der Waals surface area contributed by atoms with E-state index in [2.05, 4.69) is 26.2 Å². The van der Waals surface area contributed by atoms with E-state index in [0.717, 1.165) is 10.2 Å². The summed E-state index contributed by atoms with van der Waals surface area (Å²) in [5.41, 5.74) is 0.851. The van der Waals surface area contributed by atoms with E-state index in [1.54, 1.807) is 25.1 Å². The number of hydrogen-bond donors (Lipinski definition) is 1. The second-order valence-electron chi connectivity index (χ2n) is 4.37. The van der Waals surface area contributed by atoms with Crippen molar-refractivity contribution in [3.05, 3.63) is 52.6 Å². The Labute approximate surface area is 126 Å². The maximum absolute atomic E-state index is 12.0. The Balaban J connectivity index is 1.96. The van der Waals surface area contributed by atoms with Crippen LogP contribution >= 0.6 is 15.9 Å². The molecule has 1 atom stereocenters. The molecule has 0 unspecified atom stereocenters. The maximum Gasteiger partial charge on any atom is 0.266 e. The van der Waals surface area contributed by atoms with E-state index >= 15 is 0 Å². The number of ether oxygens (including phenoxy) is 1. The summed E-state index contributed by atoms with van der Waals surface area (Å²) in [5.74, 6) is 0.945. The highest BCUT2D eigenvalue weighted by Crippen LogP contribution is 2.17. The quantitative estimate of drug-likeness (QED) is 0.929. The van der Waals surface area contributed by atoms with E-state index in [1.165, 1.54) is 0 Å². The number of aryl methyl sites for hydroxylation is 1. The van der Waals surface area contributed by atoms with Crippen molar-refractivity contribution < 1.29 is 9.53 Å². The standard InChI is InChI=1S/C15H15BrN2O2/c1-10-4-3-5-14(17-10)18-15(19)11(2)20-13-8-6-12(16)7-9-13/h3-9,11H,1-2H3,(H,17,18,19)/t11-/m1/s1. The fourth-order valence-electron chi connectivity index (χ4n) is 1.61. The van der Waals surface area contributed by atoms with Gasteiger partial charge in [0.25, 0.3) is 5.91 Å². The molecule has 4 nitrogen and oxygen atoms in total. The third-order valence-corrected chi connectivity index (χ3v) is 3.16. The molecule has 2 aromatic rings. The van der Waals surface area contributed by atoms with Crippen LogP contribution in [0.2, 0.25) is 0 Å². The minimum Gasteiger partial charge on any atom is -0.481 e. The lowest BCUT2D eigenvalue weighted by molar-refractivity contribution is -0.122. The highest BCUT2D eigenvalue weighted by molar-refractivity contribution is 9.10. The molecule has 0 saturated carbocycles. The summed E-state index contributed by atoms with van der Waals surface area (Å²) < 4.78 is 6.54. The molecule has 0 aliphatic heterocycles. The molecule has 0 saturated heterocycles. The predicted molar refractivity (Wildman–Crippen MR) is 81.8 cm³/mol. The maximum atomic E-state index is 12.0.